The highest BCUT2D eigenvalue weighted by atomic mass is 79.9. The first-order chi connectivity index (χ1) is 7.90. The largest absolute Gasteiger partial charge is 0.350 e. The summed E-state index contributed by atoms with van der Waals surface area (Å²) in [5.41, 5.74) is 0.650. The number of carbonyl (C=O) groups is 1. The molecular formula is C12H16Br2N2O. The Morgan fingerprint density at radius 3 is 2.29 bits per heavy atom. The summed E-state index contributed by atoms with van der Waals surface area (Å²) >= 11 is 6.73. The minimum atomic E-state index is -0.0549. The van der Waals surface area contributed by atoms with Gasteiger partial charge in [-0.1, -0.05) is 31.9 Å². The second-order valence-electron chi connectivity index (χ2n) is 4.18. The minimum Gasteiger partial charge on any atom is -0.350 e. The van der Waals surface area contributed by atoms with Gasteiger partial charge in [-0.2, -0.15) is 0 Å². The van der Waals surface area contributed by atoms with E-state index >= 15 is 0 Å². The number of amides is 1. The van der Waals surface area contributed by atoms with Crippen LogP contribution in [0.25, 0.3) is 0 Å². The van der Waals surface area contributed by atoms with Gasteiger partial charge < -0.3 is 10.2 Å². The van der Waals surface area contributed by atoms with Crippen LogP contribution in [0.1, 0.15) is 17.3 Å². The van der Waals surface area contributed by atoms with E-state index in [2.05, 4.69) is 49.0 Å². The molecule has 94 valence electrons. The molecule has 0 saturated carbocycles. The molecule has 17 heavy (non-hydrogen) atoms. The molecule has 1 amide bonds. The van der Waals surface area contributed by atoms with Crippen LogP contribution in [0, 0.1) is 0 Å². The first-order valence-corrected chi connectivity index (χ1v) is 6.89. The van der Waals surface area contributed by atoms with E-state index in [4.69, 9.17) is 0 Å². The smallest absolute Gasteiger partial charge is 0.251 e. The molecule has 1 unspecified atom stereocenters. The van der Waals surface area contributed by atoms with Crippen LogP contribution in [0.4, 0.5) is 0 Å². The summed E-state index contributed by atoms with van der Waals surface area (Å²) in [6, 6.07) is 5.83. The van der Waals surface area contributed by atoms with Crippen molar-refractivity contribution in [3.05, 3.63) is 32.7 Å². The molecule has 0 aliphatic carbocycles. The van der Waals surface area contributed by atoms with Gasteiger partial charge >= 0.3 is 0 Å². The number of benzene rings is 1. The topological polar surface area (TPSA) is 32.3 Å². The Morgan fingerprint density at radius 2 is 1.82 bits per heavy atom. The van der Waals surface area contributed by atoms with Gasteiger partial charge in [0.05, 0.1) is 0 Å². The molecule has 1 N–H and O–H groups in total. The van der Waals surface area contributed by atoms with Crippen LogP contribution in [0.2, 0.25) is 0 Å². The molecule has 0 heterocycles. The SMILES string of the molecule is CC(CNC(=O)c1cc(Br)cc(Br)c1)N(C)C. The highest BCUT2D eigenvalue weighted by molar-refractivity contribution is 9.11. The molecule has 0 saturated heterocycles. The summed E-state index contributed by atoms with van der Waals surface area (Å²) in [6.45, 7) is 2.70. The minimum absolute atomic E-state index is 0.0549. The predicted molar refractivity (Wildman–Crippen MR) is 77.3 cm³/mol. The maximum Gasteiger partial charge on any atom is 0.251 e. The summed E-state index contributed by atoms with van der Waals surface area (Å²) < 4.78 is 1.77. The molecule has 1 rings (SSSR count). The summed E-state index contributed by atoms with van der Waals surface area (Å²) in [5, 5.41) is 2.91. The van der Waals surface area contributed by atoms with Crippen molar-refractivity contribution in [1.29, 1.82) is 0 Å². The maximum atomic E-state index is 11.9. The van der Waals surface area contributed by atoms with E-state index in [-0.39, 0.29) is 5.91 Å². The van der Waals surface area contributed by atoms with Crippen LogP contribution >= 0.6 is 31.9 Å². The quantitative estimate of drug-likeness (QED) is 0.891. The number of hydrogen-bond donors (Lipinski definition) is 1. The molecule has 0 radical (unpaired) electrons. The van der Waals surface area contributed by atoms with Gasteiger partial charge in [-0.25, -0.2) is 0 Å². The lowest BCUT2D eigenvalue weighted by atomic mass is 10.2. The molecule has 0 bridgehead atoms. The van der Waals surface area contributed by atoms with Crippen molar-refractivity contribution in [1.82, 2.24) is 10.2 Å². The maximum absolute atomic E-state index is 11.9. The van der Waals surface area contributed by atoms with Crippen molar-refractivity contribution in [2.24, 2.45) is 0 Å². The summed E-state index contributed by atoms with van der Waals surface area (Å²) in [4.78, 5) is 14.0. The Hall–Kier alpha value is -0.390. The van der Waals surface area contributed by atoms with Gasteiger partial charge in [0.25, 0.3) is 5.91 Å². The van der Waals surface area contributed by atoms with Gasteiger partial charge in [-0.3, -0.25) is 4.79 Å². The fourth-order valence-corrected chi connectivity index (χ4v) is 2.50. The number of likely N-dealkylation sites (N-methyl/N-ethyl adjacent to an activating group) is 1. The van der Waals surface area contributed by atoms with Gasteiger partial charge in [-0.05, 0) is 39.2 Å². The highest BCUT2D eigenvalue weighted by Gasteiger charge is 2.10. The summed E-state index contributed by atoms with van der Waals surface area (Å²) in [5.74, 6) is -0.0549. The van der Waals surface area contributed by atoms with Crippen LogP contribution in [0.3, 0.4) is 0 Å². The number of hydrogen-bond acceptors (Lipinski definition) is 2. The summed E-state index contributed by atoms with van der Waals surface area (Å²) in [6.07, 6.45) is 0. The second kappa shape index (κ2) is 6.52. The monoisotopic (exact) mass is 362 g/mol. The van der Waals surface area contributed by atoms with Gasteiger partial charge in [0, 0.05) is 27.1 Å². The van der Waals surface area contributed by atoms with Gasteiger partial charge in [0.1, 0.15) is 0 Å². The Labute approximate surface area is 119 Å². The molecule has 3 nitrogen and oxygen atoms in total. The number of nitrogens with zero attached hydrogens (tertiary/aromatic N) is 1. The number of nitrogens with one attached hydrogen (secondary N) is 1. The van der Waals surface area contributed by atoms with Crippen molar-refractivity contribution >= 4 is 37.8 Å². The summed E-state index contributed by atoms with van der Waals surface area (Å²) in [7, 11) is 3.99. The third-order valence-electron chi connectivity index (χ3n) is 2.56. The number of halogens is 2. The molecule has 0 aliphatic heterocycles. The molecule has 5 heteroatoms. The van der Waals surface area contributed by atoms with Crippen molar-refractivity contribution < 1.29 is 4.79 Å². The highest BCUT2D eigenvalue weighted by Crippen LogP contribution is 2.19. The lowest BCUT2D eigenvalue weighted by molar-refractivity contribution is 0.0943. The Morgan fingerprint density at radius 1 is 1.29 bits per heavy atom. The van der Waals surface area contributed by atoms with E-state index in [9.17, 15) is 4.79 Å². The van der Waals surface area contributed by atoms with E-state index in [1.807, 2.05) is 20.2 Å². The number of rotatable bonds is 4. The predicted octanol–water partition coefficient (Wildman–Crippen LogP) is 2.89. The Balaban J connectivity index is 2.64. The van der Waals surface area contributed by atoms with E-state index in [0.29, 0.717) is 18.2 Å². The first kappa shape index (κ1) is 14.7. The van der Waals surface area contributed by atoms with Gasteiger partial charge in [0.2, 0.25) is 0 Å². The molecule has 0 aliphatic rings. The standard InChI is InChI=1S/C12H16Br2N2O/c1-8(16(2)3)7-15-12(17)9-4-10(13)6-11(14)5-9/h4-6,8H,7H2,1-3H3,(H,15,17). The van der Waals surface area contributed by atoms with E-state index in [1.165, 1.54) is 0 Å². The molecular weight excluding hydrogens is 348 g/mol. The van der Waals surface area contributed by atoms with Crippen LogP contribution < -0.4 is 5.32 Å². The zero-order chi connectivity index (χ0) is 13.0. The Kier molecular flexibility index (Phi) is 5.62. The van der Waals surface area contributed by atoms with Crippen LogP contribution in [0.5, 0.6) is 0 Å². The third kappa shape index (κ3) is 4.77. The van der Waals surface area contributed by atoms with Crippen molar-refractivity contribution in [3.8, 4) is 0 Å². The van der Waals surface area contributed by atoms with Gasteiger partial charge in [-0.15, -0.1) is 0 Å². The first-order valence-electron chi connectivity index (χ1n) is 5.31. The molecule has 0 fully saturated rings. The molecule has 1 aromatic carbocycles. The zero-order valence-corrected chi connectivity index (χ0v) is 13.3. The lowest BCUT2D eigenvalue weighted by Gasteiger charge is -2.20. The van der Waals surface area contributed by atoms with Crippen molar-refractivity contribution in [3.63, 3.8) is 0 Å². The average molecular weight is 364 g/mol. The molecule has 1 aromatic rings. The normalized spacial score (nSPS) is 12.6. The fourth-order valence-electron chi connectivity index (χ4n) is 1.21. The second-order valence-corrected chi connectivity index (χ2v) is 6.01. The van der Waals surface area contributed by atoms with Crippen LogP contribution in [-0.2, 0) is 0 Å². The Bertz CT molecular complexity index is 387. The van der Waals surface area contributed by atoms with E-state index in [1.54, 1.807) is 12.1 Å². The third-order valence-corrected chi connectivity index (χ3v) is 3.48. The fraction of sp³-hybridized carbons (Fsp3) is 0.417. The molecule has 0 spiro atoms. The average Bonchev–Trinajstić information content (AvgIpc) is 2.23. The molecule has 1 atom stereocenters. The van der Waals surface area contributed by atoms with Crippen molar-refractivity contribution in [2.45, 2.75) is 13.0 Å². The van der Waals surface area contributed by atoms with Gasteiger partial charge in [0.15, 0.2) is 0 Å². The van der Waals surface area contributed by atoms with Crippen molar-refractivity contribution in [2.75, 3.05) is 20.6 Å². The lowest BCUT2D eigenvalue weighted by Crippen LogP contribution is -2.38. The van der Waals surface area contributed by atoms with Crippen LogP contribution in [0.15, 0.2) is 27.1 Å². The molecule has 0 aromatic heterocycles. The van der Waals surface area contributed by atoms with E-state index in [0.717, 1.165) is 8.95 Å². The van der Waals surface area contributed by atoms with E-state index < -0.39 is 0 Å². The van der Waals surface area contributed by atoms with Crippen LogP contribution in [-0.4, -0.2) is 37.5 Å². The zero-order valence-electron chi connectivity index (χ0n) is 10.1. The number of carbonyl (C=O) groups excluding carboxylic acids is 1.